The highest BCUT2D eigenvalue weighted by Crippen LogP contribution is 2.34. The summed E-state index contributed by atoms with van der Waals surface area (Å²) >= 11 is 0. The molecule has 0 aliphatic heterocycles. The zero-order valence-electron chi connectivity index (χ0n) is 13.1. The fourth-order valence-electron chi connectivity index (χ4n) is 2.31. The van der Waals surface area contributed by atoms with Gasteiger partial charge in [0.25, 0.3) is 0 Å². The Balaban J connectivity index is 2.59. The van der Waals surface area contributed by atoms with Crippen LogP contribution in [0, 0.1) is 6.92 Å². The minimum Gasteiger partial charge on any atom is -0.504 e. The minimum atomic E-state index is -0.164. The Morgan fingerprint density at radius 2 is 1.75 bits per heavy atom. The van der Waals surface area contributed by atoms with E-state index in [9.17, 15) is 5.11 Å². The van der Waals surface area contributed by atoms with Crippen molar-refractivity contribution in [3.05, 3.63) is 41.2 Å². The molecule has 0 atom stereocenters. The largest absolute Gasteiger partial charge is 0.504 e. The first-order valence-electron chi connectivity index (χ1n) is 7.23. The second-order valence-electron chi connectivity index (χ2n) is 6.39. The van der Waals surface area contributed by atoms with Crippen molar-refractivity contribution in [3.63, 3.8) is 0 Å². The third kappa shape index (κ3) is 2.72. The van der Waals surface area contributed by atoms with E-state index in [1.54, 1.807) is 0 Å². The molecule has 0 radical (unpaired) electrons. The summed E-state index contributed by atoms with van der Waals surface area (Å²) in [5.74, 6) is 0.347. The maximum atomic E-state index is 10.5. The molecule has 2 rings (SSSR count). The molecular weight excluding hydrogens is 248 g/mol. The smallest absolute Gasteiger partial charge is 0.161 e. The summed E-state index contributed by atoms with van der Waals surface area (Å²) in [6.07, 6.45) is 1.80. The van der Waals surface area contributed by atoms with Crippen LogP contribution in [0.5, 0.6) is 5.75 Å². The molecule has 0 bridgehead atoms. The third-order valence-electron chi connectivity index (χ3n) is 3.43. The van der Waals surface area contributed by atoms with Crippen LogP contribution in [0.4, 0.5) is 0 Å². The summed E-state index contributed by atoms with van der Waals surface area (Å²) in [6, 6.07) is 8.24. The Labute approximate surface area is 121 Å². The second-order valence-corrected chi connectivity index (χ2v) is 6.39. The predicted octanol–water partition coefficient (Wildman–Crippen LogP) is 4.14. The molecule has 0 saturated heterocycles. The number of hydrogen-bond donors (Lipinski definition) is 1. The van der Waals surface area contributed by atoms with Crippen molar-refractivity contribution in [2.45, 2.75) is 52.9 Å². The maximum absolute atomic E-state index is 10.5. The highest BCUT2D eigenvalue weighted by atomic mass is 16.3. The van der Waals surface area contributed by atoms with Gasteiger partial charge < -0.3 is 5.11 Å². The van der Waals surface area contributed by atoms with Gasteiger partial charge in [0.1, 0.15) is 5.69 Å². The van der Waals surface area contributed by atoms with Crippen molar-refractivity contribution in [3.8, 4) is 11.4 Å². The maximum Gasteiger partial charge on any atom is 0.161 e. The molecule has 1 heterocycles. The lowest BCUT2D eigenvalue weighted by Gasteiger charge is -2.15. The monoisotopic (exact) mass is 272 g/mol. The molecule has 0 saturated carbocycles. The van der Waals surface area contributed by atoms with Crippen LogP contribution in [0.1, 0.15) is 51.1 Å². The van der Waals surface area contributed by atoms with Crippen LogP contribution >= 0.6 is 0 Å². The molecule has 108 valence electrons. The first-order valence-corrected chi connectivity index (χ1v) is 7.23. The van der Waals surface area contributed by atoms with Gasteiger partial charge in [0, 0.05) is 5.41 Å². The van der Waals surface area contributed by atoms with Crippen molar-refractivity contribution in [1.82, 2.24) is 9.78 Å². The highest BCUT2D eigenvalue weighted by molar-refractivity contribution is 5.43. The second kappa shape index (κ2) is 5.31. The van der Waals surface area contributed by atoms with Crippen LogP contribution in [-0.4, -0.2) is 14.9 Å². The summed E-state index contributed by atoms with van der Waals surface area (Å²) in [6.45, 7) is 10.4. The topological polar surface area (TPSA) is 38.1 Å². The van der Waals surface area contributed by atoms with Crippen LogP contribution < -0.4 is 0 Å². The predicted molar refractivity (Wildman–Crippen MR) is 82.7 cm³/mol. The van der Waals surface area contributed by atoms with Gasteiger partial charge in [-0.3, -0.25) is 0 Å². The molecule has 1 aromatic heterocycles. The quantitative estimate of drug-likeness (QED) is 0.912. The Morgan fingerprint density at radius 1 is 1.15 bits per heavy atom. The lowest BCUT2D eigenvalue weighted by Crippen LogP contribution is -2.13. The van der Waals surface area contributed by atoms with Gasteiger partial charge >= 0.3 is 0 Å². The van der Waals surface area contributed by atoms with Crippen LogP contribution in [0.2, 0.25) is 0 Å². The summed E-state index contributed by atoms with van der Waals surface area (Å²) in [4.78, 5) is 0. The van der Waals surface area contributed by atoms with Gasteiger partial charge in [-0.2, -0.15) is 5.10 Å². The van der Waals surface area contributed by atoms with Gasteiger partial charge in [0.15, 0.2) is 5.75 Å². The van der Waals surface area contributed by atoms with Gasteiger partial charge in [0.05, 0.1) is 11.4 Å². The molecule has 20 heavy (non-hydrogen) atoms. The van der Waals surface area contributed by atoms with E-state index in [4.69, 9.17) is 0 Å². The molecule has 0 unspecified atom stereocenters. The number of benzene rings is 1. The number of aryl methyl sites for hydroxylation is 1. The fraction of sp³-hybridized carbons (Fsp3) is 0.471. The fourth-order valence-corrected chi connectivity index (χ4v) is 2.31. The molecule has 0 spiro atoms. The number of nitrogens with zero attached hydrogens (tertiary/aromatic N) is 2. The lowest BCUT2D eigenvalue weighted by molar-refractivity contribution is 0.439. The first kappa shape index (κ1) is 14.6. The summed E-state index contributed by atoms with van der Waals surface area (Å²) in [5.41, 5.74) is 3.73. The van der Waals surface area contributed by atoms with Crippen LogP contribution in [0.15, 0.2) is 24.3 Å². The standard InChI is InChI=1S/C17H24N2O/c1-6-7-14-15(20)16(17(3,4)5)18-19(14)13-10-8-12(2)9-11-13/h8-11,20H,6-7H2,1-5H3. The Bertz CT molecular complexity index is 589. The van der Waals surface area contributed by atoms with E-state index in [0.717, 1.165) is 29.9 Å². The average molecular weight is 272 g/mol. The van der Waals surface area contributed by atoms with E-state index in [0.29, 0.717) is 5.75 Å². The highest BCUT2D eigenvalue weighted by Gasteiger charge is 2.26. The van der Waals surface area contributed by atoms with Crippen LogP contribution in [0.3, 0.4) is 0 Å². The number of rotatable bonds is 3. The van der Waals surface area contributed by atoms with Crippen molar-refractivity contribution >= 4 is 0 Å². The average Bonchev–Trinajstić information content (AvgIpc) is 2.69. The molecule has 0 aliphatic carbocycles. The zero-order chi connectivity index (χ0) is 14.9. The Morgan fingerprint density at radius 3 is 2.25 bits per heavy atom. The van der Waals surface area contributed by atoms with Gasteiger partial charge in [-0.1, -0.05) is 51.8 Å². The van der Waals surface area contributed by atoms with E-state index in [1.165, 1.54) is 5.56 Å². The van der Waals surface area contributed by atoms with Gasteiger partial charge in [-0.15, -0.1) is 0 Å². The number of aromatic hydroxyl groups is 1. The zero-order valence-corrected chi connectivity index (χ0v) is 13.1. The SMILES string of the molecule is CCCc1c(O)c(C(C)(C)C)nn1-c1ccc(C)cc1. The molecule has 0 fully saturated rings. The van der Waals surface area contributed by atoms with Gasteiger partial charge in [-0.05, 0) is 25.5 Å². The van der Waals surface area contributed by atoms with E-state index in [1.807, 2.05) is 16.8 Å². The molecular formula is C17H24N2O. The molecule has 0 amide bonds. The van der Waals surface area contributed by atoms with E-state index < -0.39 is 0 Å². The van der Waals surface area contributed by atoms with Crippen molar-refractivity contribution in [2.75, 3.05) is 0 Å². The van der Waals surface area contributed by atoms with Crippen molar-refractivity contribution < 1.29 is 5.11 Å². The van der Waals surface area contributed by atoms with Gasteiger partial charge in [-0.25, -0.2) is 4.68 Å². The molecule has 1 N–H and O–H groups in total. The molecule has 3 nitrogen and oxygen atoms in total. The summed E-state index contributed by atoms with van der Waals surface area (Å²) < 4.78 is 1.89. The third-order valence-corrected chi connectivity index (χ3v) is 3.43. The molecule has 0 aliphatic rings. The summed E-state index contributed by atoms with van der Waals surface area (Å²) in [7, 11) is 0. The van der Waals surface area contributed by atoms with E-state index in [2.05, 4.69) is 51.9 Å². The molecule has 2 aromatic rings. The first-order chi connectivity index (χ1) is 9.34. The van der Waals surface area contributed by atoms with E-state index in [-0.39, 0.29) is 5.41 Å². The van der Waals surface area contributed by atoms with Crippen LogP contribution in [0.25, 0.3) is 5.69 Å². The number of hydrogen-bond acceptors (Lipinski definition) is 2. The Hall–Kier alpha value is -1.77. The number of aromatic nitrogens is 2. The van der Waals surface area contributed by atoms with E-state index >= 15 is 0 Å². The Kier molecular flexibility index (Phi) is 3.89. The molecule has 1 aromatic carbocycles. The summed E-state index contributed by atoms with van der Waals surface area (Å²) in [5, 5.41) is 15.2. The van der Waals surface area contributed by atoms with Crippen molar-refractivity contribution in [1.29, 1.82) is 0 Å². The minimum absolute atomic E-state index is 0.164. The normalized spacial score (nSPS) is 11.8. The lowest BCUT2D eigenvalue weighted by atomic mass is 9.91. The molecule has 3 heteroatoms. The van der Waals surface area contributed by atoms with Gasteiger partial charge in [0.2, 0.25) is 0 Å². The van der Waals surface area contributed by atoms with Crippen LogP contribution in [-0.2, 0) is 11.8 Å². The van der Waals surface area contributed by atoms with Crippen molar-refractivity contribution in [2.24, 2.45) is 0 Å².